The summed E-state index contributed by atoms with van der Waals surface area (Å²) < 4.78 is 39.4. The monoisotopic (exact) mass is 560 g/mol. The van der Waals surface area contributed by atoms with Crippen molar-refractivity contribution in [3.63, 3.8) is 0 Å². The van der Waals surface area contributed by atoms with Gasteiger partial charge in [0.05, 0.1) is 31.7 Å². The number of carbonyl (C=O) groups is 1. The maximum Gasteiger partial charge on any atom is 0.243 e. The minimum absolute atomic E-state index is 0.134. The lowest BCUT2D eigenvalue weighted by molar-refractivity contribution is -0.121. The number of carbonyl (C=O) groups excluding carboxylic acids is 1. The Balaban J connectivity index is 1.78. The van der Waals surface area contributed by atoms with Gasteiger partial charge in [-0.3, -0.25) is 4.79 Å². The third kappa shape index (κ3) is 7.06. The van der Waals surface area contributed by atoms with Gasteiger partial charge in [-0.25, -0.2) is 8.42 Å². The molecule has 0 radical (unpaired) electrons. The van der Waals surface area contributed by atoms with Crippen molar-refractivity contribution in [2.45, 2.75) is 24.3 Å². The van der Waals surface area contributed by atoms with E-state index in [-0.39, 0.29) is 24.0 Å². The van der Waals surface area contributed by atoms with Crippen LogP contribution in [0.25, 0.3) is 0 Å². The number of methoxy groups -OCH3 is 2. The highest BCUT2D eigenvalue weighted by Gasteiger charge is 2.27. The normalized spacial score (nSPS) is 12.3. The summed E-state index contributed by atoms with van der Waals surface area (Å²) >= 11 is 3.33. The quantitative estimate of drug-likeness (QED) is 0.371. The number of halogens is 1. The van der Waals surface area contributed by atoms with Gasteiger partial charge in [0.1, 0.15) is 0 Å². The van der Waals surface area contributed by atoms with E-state index in [2.05, 4.69) is 21.2 Å². The van der Waals surface area contributed by atoms with Crippen LogP contribution < -0.4 is 14.8 Å². The largest absolute Gasteiger partial charge is 0.493 e. The van der Waals surface area contributed by atoms with E-state index >= 15 is 0 Å². The number of rotatable bonds is 11. The summed E-state index contributed by atoms with van der Waals surface area (Å²) in [6, 6.07) is 21.0. The number of nitrogens with zero attached hydrogens (tertiary/aromatic N) is 1. The molecule has 0 spiro atoms. The molecule has 0 bridgehead atoms. The zero-order valence-corrected chi connectivity index (χ0v) is 22.3. The van der Waals surface area contributed by atoms with Crippen LogP contribution in [-0.2, 0) is 21.2 Å². The van der Waals surface area contributed by atoms with Crippen LogP contribution in [0.1, 0.15) is 24.1 Å². The molecule has 0 aliphatic rings. The first-order valence-electron chi connectivity index (χ1n) is 11.1. The number of sulfonamides is 1. The van der Waals surface area contributed by atoms with E-state index in [0.29, 0.717) is 17.9 Å². The molecule has 0 saturated heterocycles. The van der Waals surface area contributed by atoms with Crippen LogP contribution in [0.4, 0.5) is 0 Å². The number of benzene rings is 3. The van der Waals surface area contributed by atoms with Crippen LogP contribution in [0.5, 0.6) is 11.5 Å². The van der Waals surface area contributed by atoms with Gasteiger partial charge in [0.25, 0.3) is 0 Å². The highest BCUT2D eigenvalue weighted by atomic mass is 79.9. The lowest BCUT2D eigenvalue weighted by Gasteiger charge is -2.23. The average molecular weight is 561 g/mol. The highest BCUT2D eigenvalue weighted by molar-refractivity contribution is 9.10. The second kappa shape index (κ2) is 12.2. The van der Waals surface area contributed by atoms with Crippen LogP contribution in [-0.4, -0.2) is 45.9 Å². The van der Waals surface area contributed by atoms with E-state index in [9.17, 15) is 13.2 Å². The fourth-order valence-corrected chi connectivity index (χ4v) is 5.25. The van der Waals surface area contributed by atoms with Crippen LogP contribution >= 0.6 is 15.9 Å². The first-order chi connectivity index (χ1) is 16.7. The maximum absolute atomic E-state index is 13.4. The Hall–Kier alpha value is -2.88. The van der Waals surface area contributed by atoms with Crippen molar-refractivity contribution in [3.05, 3.63) is 88.4 Å². The van der Waals surface area contributed by atoms with E-state index in [1.165, 1.54) is 16.4 Å². The number of ether oxygens (including phenoxy) is 2. The van der Waals surface area contributed by atoms with Crippen molar-refractivity contribution in [2.75, 3.05) is 27.3 Å². The summed E-state index contributed by atoms with van der Waals surface area (Å²) in [5.41, 5.74) is 1.80. The standard InChI is InChI=1S/C26H29BrN2O5S/c1-19(21-9-14-24(33-2)25(17-21)34-3)28-26(30)18-29(16-15-20-7-5-4-6-8-20)35(31,32)23-12-10-22(27)11-13-23/h4-14,17,19H,15-16,18H2,1-3H3,(H,28,30)/t19-/m1/s1. The lowest BCUT2D eigenvalue weighted by Crippen LogP contribution is -2.42. The van der Waals surface area contributed by atoms with E-state index in [1.807, 2.05) is 43.3 Å². The zero-order valence-electron chi connectivity index (χ0n) is 19.9. The van der Waals surface area contributed by atoms with Crippen LogP contribution in [0, 0.1) is 0 Å². The van der Waals surface area contributed by atoms with Crippen molar-refractivity contribution >= 4 is 31.9 Å². The molecule has 3 aromatic carbocycles. The van der Waals surface area contributed by atoms with Gasteiger partial charge in [-0.15, -0.1) is 0 Å². The first-order valence-corrected chi connectivity index (χ1v) is 13.3. The molecule has 0 unspecified atom stereocenters. The number of amides is 1. The minimum Gasteiger partial charge on any atom is -0.493 e. The summed E-state index contributed by atoms with van der Waals surface area (Å²) in [5.74, 6) is 0.733. The second-order valence-electron chi connectivity index (χ2n) is 7.93. The summed E-state index contributed by atoms with van der Waals surface area (Å²) in [4.78, 5) is 13.1. The van der Waals surface area contributed by atoms with Crippen molar-refractivity contribution < 1.29 is 22.7 Å². The van der Waals surface area contributed by atoms with Gasteiger partial charge in [-0.2, -0.15) is 4.31 Å². The van der Waals surface area contributed by atoms with Gasteiger partial charge in [-0.05, 0) is 60.9 Å². The number of nitrogens with one attached hydrogen (secondary N) is 1. The molecule has 0 heterocycles. The molecule has 186 valence electrons. The predicted molar refractivity (Wildman–Crippen MR) is 139 cm³/mol. The van der Waals surface area contributed by atoms with Gasteiger partial charge >= 0.3 is 0 Å². The zero-order chi connectivity index (χ0) is 25.4. The summed E-state index contributed by atoms with van der Waals surface area (Å²) in [6.07, 6.45) is 0.481. The van der Waals surface area contributed by atoms with Gasteiger partial charge in [-0.1, -0.05) is 52.3 Å². The van der Waals surface area contributed by atoms with E-state index in [0.717, 1.165) is 15.6 Å². The van der Waals surface area contributed by atoms with Crippen molar-refractivity contribution in [2.24, 2.45) is 0 Å². The van der Waals surface area contributed by atoms with Gasteiger partial charge < -0.3 is 14.8 Å². The SMILES string of the molecule is COc1ccc([C@@H](C)NC(=O)CN(CCc2ccccc2)S(=O)(=O)c2ccc(Br)cc2)cc1OC. The summed E-state index contributed by atoms with van der Waals surface area (Å²) in [7, 11) is -0.790. The summed E-state index contributed by atoms with van der Waals surface area (Å²) in [6.45, 7) is 1.69. The van der Waals surface area contributed by atoms with Crippen molar-refractivity contribution in [1.82, 2.24) is 9.62 Å². The van der Waals surface area contributed by atoms with Crippen molar-refractivity contribution in [1.29, 1.82) is 0 Å². The topological polar surface area (TPSA) is 84.9 Å². The molecule has 0 aliphatic heterocycles. The number of hydrogen-bond acceptors (Lipinski definition) is 5. The molecule has 3 aromatic rings. The van der Waals surface area contributed by atoms with Gasteiger partial charge in [0.2, 0.25) is 15.9 Å². The molecule has 1 atom stereocenters. The van der Waals surface area contributed by atoms with Crippen LogP contribution in [0.15, 0.2) is 82.2 Å². The molecule has 3 rings (SSSR count). The van der Waals surface area contributed by atoms with E-state index < -0.39 is 15.9 Å². The van der Waals surface area contributed by atoms with E-state index in [4.69, 9.17) is 9.47 Å². The fourth-order valence-electron chi connectivity index (χ4n) is 3.59. The third-order valence-electron chi connectivity index (χ3n) is 5.55. The number of hydrogen-bond donors (Lipinski definition) is 1. The minimum atomic E-state index is -3.89. The molecule has 7 nitrogen and oxygen atoms in total. The highest BCUT2D eigenvalue weighted by Crippen LogP contribution is 2.30. The lowest BCUT2D eigenvalue weighted by atomic mass is 10.1. The van der Waals surface area contributed by atoms with E-state index in [1.54, 1.807) is 38.5 Å². The Morgan fingerprint density at radius 3 is 2.26 bits per heavy atom. The fraction of sp³-hybridized carbons (Fsp3) is 0.269. The molecule has 9 heteroatoms. The smallest absolute Gasteiger partial charge is 0.243 e. The molecule has 0 saturated carbocycles. The van der Waals surface area contributed by atoms with Gasteiger partial charge in [0, 0.05) is 11.0 Å². The molecule has 1 N–H and O–H groups in total. The molecule has 1 amide bonds. The molecule has 35 heavy (non-hydrogen) atoms. The molecule has 0 aliphatic carbocycles. The molecular formula is C26H29BrN2O5S. The Morgan fingerprint density at radius 1 is 0.971 bits per heavy atom. The molecule has 0 aromatic heterocycles. The van der Waals surface area contributed by atoms with Gasteiger partial charge in [0.15, 0.2) is 11.5 Å². The first kappa shape index (κ1) is 26.7. The Morgan fingerprint density at radius 2 is 1.63 bits per heavy atom. The second-order valence-corrected chi connectivity index (χ2v) is 10.8. The summed E-state index contributed by atoms with van der Waals surface area (Å²) in [5, 5.41) is 2.90. The maximum atomic E-state index is 13.4. The Labute approximate surface area is 215 Å². The Bertz CT molecular complexity index is 1230. The predicted octanol–water partition coefficient (Wildman–Crippen LogP) is 4.58. The molecular weight excluding hydrogens is 532 g/mol. The third-order valence-corrected chi connectivity index (χ3v) is 7.94. The molecule has 0 fully saturated rings. The van der Waals surface area contributed by atoms with Crippen LogP contribution in [0.2, 0.25) is 0 Å². The Kier molecular flexibility index (Phi) is 9.31. The van der Waals surface area contributed by atoms with Crippen molar-refractivity contribution in [3.8, 4) is 11.5 Å². The average Bonchev–Trinajstić information content (AvgIpc) is 2.86. The van der Waals surface area contributed by atoms with Crippen LogP contribution in [0.3, 0.4) is 0 Å².